The maximum Gasteiger partial charge on any atom is 0.358 e. The largest absolute Gasteiger partial charge is 0.464 e. The maximum absolute atomic E-state index is 11.7. The van der Waals surface area contributed by atoms with Crippen LogP contribution in [0.5, 0.6) is 0 Å². The fraction of sp³-hybridized carbons (Fsp3) is 0.333. The Morgan fingerprint density at radius 2 is 1.85 bits per heavy atom. The average molecular weight is 354 g/mol. The molecule has 0 amide bonds. The molecule has 1 aromatic heterocycles. The van der Waals surface area contributed by atoms with Gasteiger partial charge in [-0.2, -0.15) is 0 Å². The molecule has 2 aromatic rings. The summed E-state index contributed by atoms with van der Waals surface area (Å²) in [5.41, 5.74) is 2.69. The number of halogens is 1. The van der Waals surface area contributed by atoms with Gasteiger partial charge in [0.15, 0.2) is 9.61 Å². The van der Waals surface area contributed by atoms with E-state index in [0.29, 0.717) is 9.61 Å². The quantitative estimate of drug-likeness (QED) is 0.737. The minimum atomic E-state index is -0.415. The lowest BCUT2D eigenvalue weighted by Crippen LogP contribution is -2.10. The van der Waals surface area contributed by atoms with Crippen LogP contribution < -0.4 is 0 Å². The van der Waals surface area contributed by atoms with Crippen molar-refractivity contribution in [2.75, 3.05) is 7.11 Å². The molecule has 0 spiro atoms. The third-order valence-electron chi connectivity index (χ3n) is 2.99. The van der Waals surface area contributed by atoms with Crippen LogP contribution in [0.4, 0.5) is 0 Å². The molecule has 0 aliphatic carbocycles. The summed E-state index contributed by atoms with van der Waals surface area (Å²) in [5, 5.41) is 0. The molecule has 0 saturated carbocycles. The minimum absolute atomic E-state index is 0.109. The number of hydrogen-bond donors (Lipinski definition) is 0. The van der Waals surface area contributed by atoms with E-state index in [4.69, 9.17) is 4.74 Å². The molecule has 20 heavy (non-hydrogen) atoms. The van der Waals surface area contributed by atoms with Crippen molar-refractivity contribution >= 4 is 33.2 Å². The second-order valence-corrected chi connectivity index (χ2v) is 7.74. The maximum atomic E-state index is 11.7. The number of rotatable bonds is 2. The summed E-state index contributed by atoms with van der Waals surface area (Å²) in [7, 11) is 1.36. The van der Waals surface area contributed by atoms with Crippen molar-refractivity contribution in [2.45, 2.75) is 26.2 Å². The lowest BCUT2D eigenvalue weighted by molar-refractivity contribution is 0.0595. The summed E-state index contributed by atoms with van der Waals surface area (Å²) in [6.07, 6.45) is 0. The summed E-state index contributed by atoms with van der Waals surface area (Å²) in [6.45, 7) is 6.52. The Labute approximate surface area is 131 Å². The Kier molecular flexibility index (Phi) is 4.30. The molecule has 0 saturated heterocycles. The number of nitrogens with zero attached hydrogens (tertiary/aromatic N) is 1. The molecule has 2 rings (SSSR count). The molecule has 0 unspecified atom stereocenters. The number of esters is 1. The van der Waals surface area contributed by atoms with Gasteiger partial charge >= 0.3 is 5.97 Å². The highest BCUT2D eigenvalue weighted by Crippen LogP contribution is 2.34. The van der Waals surface area contributed by atoms with Crippen molar-refractivity contribution in [2.24, 2.45) is 0 Å². The molecule has 1 aromatic carbocycles. The molecular weight excluding hydrogens is 338 g/mol. The van der Waals surface area contributed by atoms with Gasteiger partial charge in [0.05, 0.1) is 12.0 Å². The Bertz CT molecular complexity index is 626. The molecule has 0 fully saturated rings. The van der Waals surface area contributed by atoms with Crippen molar-refractivity contribution in [3.63, 3.8) is 0 Å². The highest BCUT2D eigenvalue weighted by atomic mass is 79.9. The van der Waals surface area contributed by atoms with Gasteiger partial charge in [0, 0.05) is 0 Å². The van der Waals surface area contributed by atoms with Crippen LogP contribution in [0.15, 0.2) is 28.2 Å². The lowest BCUT2D eigenvalue weighted by Gasteiger charge is -2.19. The van der Waals surface area contributed by atoms with E-state index in [1.807, 2.05) is 12.1 Å². The van der Waals surface area contributed by atoms with E-state index >= 15 is 0 Å². The van der Waals surface area contributed by atoms with E-state index in [1.165, 1.54) is 24.0 Å². The summed E-state index contributed by atoms with van der Waals surface area (Å²) in [5.74, 6) is -0.415. The predicted molar refractivity (Wildman–Crippen MR) is 85.3 cm³/mol. The smallest absolute Gasteiger partial charge is 0.358 e. The Morgan fingerprint density at radius 3 is 2.35 bits per heavy atom. The minimum Gasteiger partial charge on any atom is -0.464 e. The first-order valence-electron chi connectivity index (χ1n) is 6.18. The Morgan fingerprint density at radius 1 is 1.25 bits per heavy atom. The summed E-state index contributed by atoms with van der Waals surface area (Å²) in [6, 6.07) is 8.22. The number of methoxy groups -OCH3 is 1. The van der Waals surface area contributed by atoms with E-state index in [-0.39, 0.29) is 5.41 Å². The van der Waals surface area contributed by atoms with Crippen LogP contribution in [-0.4, -0.2) is 18.1 Å². The second-order valence-electron chi connectivity index (χ2n) is 5.46. The van der Waals surface area contributed by atoms with E-state index in [1.54, 1.807) is 0 Å². The molecule has 5 heteroatoms. The summed E-state index contributed by atoms with van der Waals surface area (Å²) < 4.78 is 5.45. The first kappa shape index (κ1) is 15.2. The van der Waals surface area contributed by atoms with Crippen LogP contribution >= 0.6 is 27.3 Å². The third kappa shape index (κ3) is 3.10. The molecule has 0 radical (unpaired) electrons. The first-order chi connectivity index (χ1) is 9.32. The second kappa shape index (κ2) is 5.66. The zero-order valence-electron chi connectivity index (χ0n) is 11.9. The van der Waals surface area contributed by atoms with Crippen molar-refractivity contribution in [1.82, 2.24) is 4.98 Å². The van der Waals surface area contributed by atoms with Crippen LogP contribution in [0, 0.1) is 0 Å². The van der Waals surface area contributed by atoms with Crippen LogP contribution in [0.3, 0.4) is 0 Å². The van der Waals surface area contributed by atoms with Gasteiger partial charge in [0.25, 0.3) is 0 Å². The molecule has 0 aliphatic heterocycles. The molecule has 0 atom stereocenters. The highest BCUT2D eigenvalue weighted by molar-refractivity contribution is 9.11. The van der Waals surface area contributed by atoms with E-state index in [9.17, 15) is 4.79 Å². The van der Waals surface area contributed by atoms with Crippen molar-refractivity contribution in [3.05, 3.63) is 39.4 Å². The standard InChI is InChI=1S/C15H16BrNO2S/c1-15(2,3)10-7-5-9(6-8-10)12-11(13(18)19-4)17-14(16)20-12/h5-8H,1-4H3. The average Bonchev–Trinajstić information content (AvgIpc) is 2.79. The topological polar surface area (TPSA) is 39.2 Å². The monoisotopic (exact) mass is 353 g/mol. The molecule has 1 heterocycles. The van der Waals surface area contributed by atoms with Crippen LogP contribution in [0.1, 0.15) is 36.8 Å². The fourth-order valence-electron chi connectivity index (χ4n) is 1.85. The molecule has 0 aliphatic rings. The van der Waals surface area contributed by atoms with Gasteiger partial charge < -0.3 is 4.74 Å². The van der Waals surface area contributed by atoms with Crippen molar-refractivity contribution in [1.29, 1.82) is 0 Å². The van der Waals surface area contributed by atoms with Crippen LogP contribution in [-0.2, 0) is 10.2 Å². The predicted octanol–water partition coefficient (Wildman–Crippen LogP) is 4.66. The normalized spacial score (nSPS) is 11.4. The van der Waals surface area contributed by atoms with E-state index in [0.717, 1.165) is 10.4 Å². The van der Waals surface area contributed by atoms with Crippen LogP contribution in [0.2, 0.25) is 0 Å². The fourth-order valence-corrected chi connectivity index (χ4v) is 3.29. The number of thiazole rings is 1. The lowest BCUT2D eigenvalue weighted by atomic mass is 9.86. The van der Waals surface area contributed by atoms with Gasteiger partial charge in [-0.05, 0) is 32.5 Å². The van der Waals surface area contributed by atoms with E-state index < -0.39 is 5.97 Å². The Hall–Kier alpha value is -1.20. The van der Waals surface area contributed by atoms with Gasteiger partial charge in [0.1, 0.15) is 0 Å². The molecule has 3 nitrogen and oxygen atoms in total. The zero-order valence-corrected chi connectivity index (χ0v) is 14.3. The number of hydrogen-bond acceptors (Lipinski definition) is 4. The van der Waals surface area contributed by atoms with Crippen molar-refractivity contribution in [3.8, 4) is 10.4 Å². The zero-order chi connectivity index (χ0) is 14.9. The van der Waals surface area contributed by atoms with Gasteiger partial charge in [-0.25, -0.2) is 9.78 Å². The molecule has 0 N–H and O–H groups in total. The van der Waals surface area contributed by atoms with Crippen molar-refractivity contribution < 1.29 is 9.53 Å². The molecule has 106 valence electrons. The number of carbonyl (C=O) groups excluding carboxylic acids is 1. The van der Waals surface area contributed by atoms with Gasteiger partial charge in [-0.1, -0.05) is 45.0 Å². The number of aromatic nitrogens is 1. The van der Waals surface area contributed by atoms with Gasteiger partial charge in [0.2, 0.25) is 0 Å². The number of carbonyl (C=O) groups is 1. The first-order valence-corrected chi connectivity index (χ1v) is 7.79. The number of ether oxygens (including phenoxy) is 1. The molecular formula is C15H16BrNO2S. The summed E-state index contributed by atoms with van der Waals surface area (Å²) in [4.78, 5) is 16.8. The third-order valence-corrected chi connectivity index (χ3v) is 4.55. The van der Waals surface area contributed by atoms with Crippen LogP contribution in [0.25, 0.3) is 10.4 Å². The molecule has 0 bridgehead atoms. The van der Waals surface area contributed by atoms with Gasteiger partial charge in [-0.3, -0.25) is 0 Å². The Balaban J connectivity index is 2.44. The van der Waals surface area contributed by atoms with Gasteiger partial charge in [-0.15, -0.1) is 11.3 Å². The SMILES string of the molecule is COC(=O)c1nc(Br)sc1-c1ccc(C(C)(C)C)cc1. The summed E-state index contributed by atoms with van der Waals surface area (Å²) >= 11 is 4.75. The highest BCUT2D eigenvalue weighted by Gasteiger charge is 2.20. The van der Waals surface area contributed by atoms with E-state index in [2.05, 4.69) is 53.8 Å². The number of benzene rings is 1.